The van der Waals surface area contributed by atoms with Gasteiger partial charge >= 0.3 is 0 Å². The van der Waals surface area contributed by atoms with Crippen LogP contribution in [0.1, 0.15) is 21.5 Å². The molecular weight excluding hydrogens is 276 g/mol. The number of fused-ring (bicyclic) bond motifs is 1. The van der Waals surface area contributed by atoms with Gasteiger partial charge in [0.2, 0.25) is 5.78 Å². The van der Waals surface area contributed by atoms with Gasteiger partial charge < -0.3 is 9.84 Å². The van der Waals surface area contributed by atoms with Gasteiger partial charge in [-0.15, -0.1) is 0 Å². The largest absolute Gasteiger partial charge is 0.508 e. The highest BCUT2D eigenvalue weighted by Crippen LogP contribution is 2.37. The van der Waals surface area contributed by atoms with Crippen LogP contribution in [0, 0.1) is 6.92 Å². The molecule has 2 aromatic carbocycles. The zero-order chi connectivity index (χ0) is 14.3. The summed E-state index contributed by atoms with van der Waals surface area (Å²) in [6.07, 6.45) is 1.66. The normalized spacial score (nSPS) is 15.3. The van der Waals surface area contributed by atoms with E-state index in [0.717, 1.165) is 5.56 Å². The quantitative estimate of drug-likeness (QED) is 0.807. The molecule has 1 aliphatic heterocycles. The van der Waals surface area contributed by atoms with Gasteiger partial charge in [0, 0.05) is 11.1 Å². The molecule has 1 aliphatic rings. The van der Waals surface area contributed by atoms with Crippen molar-refractivity contribution in [3.05, 3.63) is 63.9 Å². The van der Waals surface area contributed by atoms with Gasteiger partial charge in [-0.2, -0.15) is 0 Å². The number of benzene rings is 2. The summed E-state index contributed by atoms with van der Waals surface area (Å²) in [4.78, 5) is 12.3. The van der Waals surface area contributed by atoms with Crippen molar-refractivity contribution < 1.29 is 14.6 Å². The number of phenolic OH excluding ortho intramolecular Hbond substituents is 1. The number of aromatic hydroxyl groups is 1. The summed E-state index contributed by atoms with van der Waals surface area (Å²) in [6, 6.07) is 10.1. The lowest BCUT2D eigenvalue weighted by atomic mass is 10.0. The summed E-state index contributed by atoms with van der Waals surface area (Å²) in [5.74, 6) is 0.554. The molecule has 0 saturated heterocycles. The van der Waals surface area contributed by atoms with E-state index in [9.17, 15) is 9.90 Å². The molecule has 0 aliphatic carbocycles. The maximum atomic E-state index is 12.3. The number of aryl methyl sites for hydroxylation is 1. The Morgan fingerprint density at radius 2 is 1.90 bits per heavy atom. The van der Waals surface area contributed by atoms with Gasteiger partial charge in [0.15, 0.2) is 5.76 Å². The minimum Gasteiger partial charge on any atom is -0.508 e. The molecule has 100 valence electrons. The monoisotopic (exact) mass is 286 g/mol. The topological polar surface area (TPSA) is 46.5 Å². The Hall–Kier alpha value is -2.26. The molecule has 0 unspecified atom stereocenters. The molecule has 0 aromatic heterocycles. The van der Waals surface area contributed by atoms with Crippen molar-refractivity contribution in [1.29, 1.82) is 0 Å². The number of hydrogen-bond acceptors (Lipinski definition) is 3. The van der Waals surface area contributed by atoms with E-state index in [1.165, 1.54) is 6.07 Å². The van der Waals surface area contributed by atoms with Crippen molar-refractivity contribution in [1.82, 2.24) is 0 Å². The van der Waals surface area contributed by atoms with Crippen molar-refractivity contribution in [2.24, 2.45) is 0 Å². The van der Waals surface area contributed by atoms with Crippen molar-refractivity contribution in [3.8, 4) is 11.5 Å². The fraction of sp³-hybridized carbons (Fsp3) is 0.0625. The number of phenols is 1. The van der Waals surface area contributed by atoms with E-state index < -0.39 is 0 Å². The van der Waals surface area contributed by atoms with Crippen LogP contribution in [0.3, 0.4) is 0 Å². The minimum atomic E-state index is -0.174. The molecule has 0 bridgehead atoms. The fourth-order valence-electron chi connectivity index (χ4n) is 2.20. The van der Waals surface area contributed by atoms with Crippen LogP contribution in [-0.2, 0) is 0 Å². The fourth-order valence-corrected chi connectivity index (χ4v) is 2.33. The van der Waals surface area contributed by atoms with Gasteiger partial charge in [0.05, 0.1) is 5.56 Å². The Balaban J connectivity index is 2.01. The van der Waals surface area contributed by atoms with Crippen LogP contribution in [0.5, 0.6) is 11.5 Å². The zero-order valence-corrected chi connectivity index (χ0v) is 11.4. The standard InChI is InChI=1S/C16H11ClO3/c1-9-6-12(18)8-13-15(9)16(19)14(20-13)7-10-2-4-11(17)5-3-10/h2-8,18H,1H3. The maximum Gasteiger partial charge on any atom is 0.232 e. The van der Waals surface area contributed by atoms with Crippen molar-refractivity contribution in [3.63, 3.8) is 0 Å². The van der Waals surface area contributed by atoms with E-state index >= 15 is 0 Å². The number of carbonyl (C=O) groups is 1. The Bertz CT molecular complexity index is 730. The summed E-state index contributed by atoms with van der Waals surface area (Å²) in [7, 11) is 0. The lowest BCUT2D eigenvalue weighted by Crippen LogP contribution is -1.99. The second-order valence-electron chi connectivity index (χ2n) is 4.63. The molecule has 3 rings (SSSR count). The number of Topliss-reactive ketones (excluding diaryl/α,β-unsaturated/α-hetero) is 1. The predicted molar refractivity (Wildman–Crippen MR) is 77.2 cm³/mol. The minimum absolute atomic E-state index is 0.0850. The molecule has 0 amide bonds. The smallest absolute Gasteiger partial charge is 0.232 e. The first-order valence-electron chi connectivity index (χ1n) is 6.08. The number of rotatable bonds is 1. The van der Waals surface area contributed by atoms with Gasteiger partial charge in [-0.1, -0.05) is 23.7 Å². The van der Waals surface area contributed by atoms with Gasteiger partial charge in [0.1, 0.15) is 11.5 Å². The number of carbonyl (C=O) groups excluding carboxylic acids is 1. The molecule has 2 aromatic rings. The third kappa shape index (κ3) is 2.17. The van der Waals surface area contributed by atoms with E-state index in [-0.39, 0.29) is 17.3 Å². The molecule has 1 N–H and O–H groups in total. The van der Waals surface area contributed by atoms with Crippen LogP contribution in [0.25, 0.3) is 6.08 Å². The molecule has 20 heavy (non-hydrogen) atoms. The molecule has 0 radical (unpaired) electrons. The average Bonchev–Trinajstić information content (AvgIpc) is 2.69. The Morgan fingerprint density at radius 3 is 2.60 bits per heavy atom. The van der Waals surface area contributed by atoms with Crippen LogP contribution in [0.4, 0.5) is 0 Å². The van der Waals surface area contributed by atoms with Crippen molar-refractivity contribution >= 4 is 23.5 Å². The molecular formula is C16H11ClO3. The van der Waals surface area contributed by atoms with E-state index in [4.69, 9.17) is 16.3 Å². The number of hydrogen-bond donors (Lipinski definition) is 1. The summed E-state index contributed by atoms with van der Waals surface area (Å²) < 4.78 is 5.53. The molecule has 4 heteroatoms. The second-order valence-corrected chi connectivity index (χ2v) is 5.06. The van der Waals surface area contributed by atoms with Gasteiger partial charge in [0.25, 0.3) is 0 Å². The number of allylic oxidation sites excluding steroid dienone is 1. The Morgan fingerprint density at radius 1 is 1.20 bits per heavy atom. The van der Waals surface area contributed by atoms with Gasteiger partial charge in [-0.05, 0) is 42.3 Å². The molecule has 3 nitrogen and oxygen atoms in total. The van der Waals surface area contributed by atoms with Crippen LogP contribution >= 0.6 is 11.6 Å². The first-order chi connectivity index (χ1) is 9.54. The average molecular weight is 287 g/mol. The van der Waals surface area contributed by atoms with E-state index in [2.05, 4.69) is 0 Å². The number of ketones is 1. The first-order valence-corrected chi connectivity index (χ1v) is 6.46. The highest BCUT2D eigenvalue weighted by atomic mass is 35.5. The van der Waals surface area contributed by atoms with E-state index in [1.807, 2.05) is 0 Å². The third-order valence-corrected chi connectivity index (χ3v) is 3.37. The van der Waals surface area contributed by atoms with Gasteiger partial charge in [-0.25, -0.2) is 0 Å². The number of ether oxygens (including phenoxy) is 1. The van der Waals surface area contributed by atoms with Crippen LogP contribution < -0.4 is 4.74 Å². The highest BCUT2D eigenvalue weighted by Gasteiger charge is 2.29. The Labute approximate surface area is 121 Å². The first kappa shape index (κ1) is 12.8. The molecule has 0 spiro atoms. The molecule has 0 fully saturated rings. The second kappa shape index (κ2) is 4.69. The molecule has 0 saturated carbocycles. The maximum absolute atomic E-state index is 12.3. The highest BCUT2D eigenvalue weighted by molar-refractivity contribution is 6.30. The lowest BCUT2D eigenvalue weighted by Gasteiger charge is -2.01. The van der Waals surface area contributed by atoms with Crippen molar-refractivity contribution in [2.45, 2.75) is 6.92 Å². The zero-order valence-electron chi connectivity index (χ0n) is 10.7. The summed E-state index contributed by atoms with van der Waals surface area (Å²) in [6.45, 7) is 1.77. The predicted octanol–water partition coefficient (Wildman–Crippen LogP) is 3.97. The number of halogens is 1. The summed E-state index contributed by atoms with van der Waals surface area (Å²) >= 11 is 5.82. The Kier molecular flexibility index (Phi) is 2.99. The molecule has 1 heterocycles. The van der Waals surface area contributed by atoms with Gasteiger partial charge in [-0.3, -0.25) is 4.79 Å². The van der Waals surface area contributed by atoms with Crippen LogP contribution in [0.15, 0.2) is 42.2 Å². The summed E-state index contributed by atoms with van der Waals surface area (Å²) in [5, 5.41) is 10.2. The lowest BCUT2D eigenvalue weighted by molar-refractivity contribution is 0.101. The van der Waals surface area contributed by atoms with Crippen LogP contribution in [0.2, 0.25) is 5.02 Å². The van der Waals surface area contributed by atoms with E-state index in [0.29, 0.717) is 21.9 Å². The third-order valence-electron chi connectivity index (χ3n) is 3.12. The summed E-state index contributed by atoms with van der Waals surface area (Å²) in [5.41, 5.74) is 2.03. The molecule has 0 atom stereocenters. The van der Waals surface area contributed by atoms with Crippen molar-refractivity contribution in [2.75, 3.05) is 0 Å². The van der Waals surface area contributed by atoms with Crippen LogP contribution in [-0.4, -0.2) is 10.9 Å². The SMILES string of the molecule is Cc1cc(O)cc2c1C(=O)C(=Cc1ccc(Cl)cc1)O2. The van der Waals surface area contributed by atoms with E-state index in [1.54, 1.807) is 43.3 Å².